The fourth-order valence-corrected chi connectivity index (χ4v) is 3.67. The second-order valence-electron chi connectivity index (χ2n) is 7.24. The Morgan fingerprint density at radius 2 is 1.72 bits per heavy atom. The van der Waals surface area contributed by atoms with Gasteiger partial charge < -0.3 is 15.3 Å². The van der Waals surface area contributed by atoms with Gasteiger partial charge in [-0.2, -0.15) is 0 Å². The van der Waals surface area contributed by atoms with E-state index in [9.17, 15) is 14.3 Å². The molecular weight excluding hydrogens is 321 g/mol. The van der Waals surface area contributed by atoms with Crippen molar-refractivity contribution in [1.82, 2.24) is 15.1 Å². The molecule has 0 bridgehead atoms. The number of piperidine rings is 2. The largest absolute Gasteiger partial charge is 0.396 e. The predicted molar refractivity (Wildman–Crippen MR) is 94.6 cm³/mol. The van der Waals surface area contributed by atoms with Crippen LogP contribution >= 0.6 is 0 Å². The molecule has 0 unspecified atom stereocenters. The standard InChI is InChI=1S/C19H28FN3O2/c20-17-3-1-15(2-4-17)13-22-9-7-18(8-10-22)21-19(25)23-11-5-16(14-24)6-12-23/h1-4,16,18,24H,5-14H2,(H,21,25). The van der Waals surface area contributed by atoms with Gasteiger partial charge in [0, 0.05) is 45.4 Å². The first-order valence-corrected chi connectivity index (χ1v) is 9.27. The van der Waals surface area contributed by atoms with Crippen LogP contribution in [0.25, 0.3) is 0 Å². The van der Waals surface area contributed by atoms with Crippen LogP contribution in [0.2, 0.25) is 0 Å². The number of benzene rings is 1. The van der Waals surface area contributed by atoms with Gasteiger partial charge in [-0.25, -0.2) is 9.18 Å². The van der Waals surface area contributed by atoms with Crippen LogP contribution in [0.4, 0.5) is 9.18 Å². The Labute approximate surface area is 148 Å². The van der Waals surface area contributed by atoms with Crippen molar-refractivity contribution in [2.45, 2.75) is 38.3 Å². The second kappa shape index (κ2) is 8.63. The number of aliphatic hydroxyl groups is 1. The van der Waals surface area contributed by atoms with E-state index >= 15 is 0 Å². The van der Waals surface area contributed by atoms with Crippen molar-refractivity contribution >= 4 is 6.03 Å². The molecule has 1 aromatic carbocycles. The fourth-order valence-electron chi connectivity index (χ4n) is 3.67. The number of halogens is 1. The third kappa shape index (κ3) is 5.16. The van der Waals surface area contributed by atoms with Gasteiger partial charge in [0.25, 0.3) is 0 Å². The first-order chi connectivity index (χ1) is 12.1. The van der Waals surface area contributed by atoms with Gasteiger partial charge in [0.1, 0.15) is 5.82 Å². The number of nitrogens with one attached hydrogen (secondary N) is 1. The molecule has 2 saturated heterocycles. The summed E-state index contributed by atoms with van der Waals surface area (Å²) in [6.45, 7) is 4.41. The zero-order valence-corrected chi connectivity index (χ0v) is 14.7. The lowest BCUT2D eigenvalue weighted by Crippen LogP contribution is -2.51. The van der Waals surface area contributed by atoms with E-state index in [1.807, 2.05) is 17.0 Å². The molecule has 2 amide bonds. The molecule has 0 saturated carbocycles. The van der Waals surface area contributed by atoms with Crippen molar-refractivity contribution in [3.63, 3.8) is 0 Å². The SMILES string of the molecule is O=C(NC1CCN(Cc2ccc(F)cc2)CC1)N1CCC(CO)CC1. The monoisotopic (exact) mass is 349 g/mol. The summed E-state index contributed by atoms with van der Waals surface area (Å²) in [6.07, 6.45) is 3.67. The minimum absolute atomic E-state index is 0.0355. The summed E-state index contributed by atoms with van der Waals surface area (Å²) in [5, 5.41) is 12.3. The number of nitrogens with zero attached hydrogens (tertiary/aromatic N) is 2. The summed E-state index contributed by atoms with van der Waals surface area (Å²) in [5.74, 6) is 0.145. The molecule has 0 spiro atoms. The van der Waals surface area contributed by atoms with Crippen LogP contribution in [-0.4, -0.2) is 59.8 Å². The lowest BCUT2D eigenvalue weighted by molar-refractivity contribution is 0.130. The number of likely N-dealkylation sites (tertiary alicyclic amines) is 2. The van der Waals surface area contributed by atoms with Crippen LogP contribution in [0.3, 0.4) is 0 Å². The highest BCUT2D eigenvalue weighted by atomic mass is 19.1. The molecule has 0 radical (unpaired) electrons. The molecule has 5 nitrogen and oxygen atoms in total. The smallest absolute Gasteiger partial charge is 0.317 e. The van der Waals surface area contributed by atoms with E-state index in [1.54, 1.807) is 0 Å². The highest BCUT2D eigenvalue weighted by Gasteiger charge is 2.26. The quantitative estimate of drug-likeness (QED) is 0.876. The number of aliphatic hydroxyl groups excluding tert-OH is 1. The maximum absolute atomic E-state index is 13.0. The van der Waals surface area contributed by atoms with E-state index in [4.69, 9.17) is 0 Å². The lowest BCUT2D eigenvalue weighted by atomic mass is 9.98. The number of rotatable bonds is 4. The van der Waals surface area contributed by atoms with Crippen LogP contribution in [0.1, 0.15) is 31.2 Å². The number of hydrogen-bond donors (Lipinski definition) is 2. The van der Waals surface area contributed by atoms with Gasteiger partial charge in [0.2, 0.25) is 0 Å². The van der Waals surface area contributed by atoms with Gasteiger partial charge in [-0.3, -0.25) is 4.90 Å². The van der Waals surface area contributed by atoms with Gasteiger partial charge in [-0.15, -0.1) is 0 Å². The molecule has 6 heteroatoms. The van der Waals surface area contributed by atoms with Crippen molar-refractivity contribution in [2.24, 2.45) is 5.92 Å². The van der Waals surface area contributed by atoms with E-state index in [1.165, 1.54) is 12.1 Å². The van der Waals surface area contributed by atoms with Gasteiger partial charge >= 0.3 is 6.03 Å². The average molecular weight is 349 g/mol. The van der Waals surface area contributed by atoms with Crippen LogP contribution < -0.4 is 5.32 Å². The number of urea groups is 1. The highest BCUT2D eigenvalue weighted by Crippen LogP contribution is 2.18. The summed E-state index contributed by atoms with van der Waals surface area (Å²) in [4.78, 5) is 16.6. The number of carbonyl (C=O) groups is 1. The Morgan fingerprint density at radius 3 is 2.32 bits per heavy atom. The van der Waals surface area contributed by atoms with Crippen LogP contribution in [0.5, 0.6) is 0 Å². The lowest BCUT2D eigenvalue weighted by Gasteiger charge is -2.35. The van der Waals surface area contributed by atoms with Gasteiger partial charge in [0.15, 0.2) is 0 Å². The first kappa shape index (κ1) is 18.1. The highest BCUT2D eigenvalue weighted by molar-refractivity contribution is 5.74. The Morgan fingerprint density at radius 1 is 1.08 bits per heavy atom. The zero-order chi connectivity index (χ0) is 17.6. The van der Waals surface area contributed by atoms with Crippen molar-refractivity contribution in [2.75, 3.05) is 32.8 Å². The molecule has 0 atom stereocenters. The summed E-state index contributed by atoms with van der Waals surface area (Å²) >= 11 is 0. The van der Waals surface area contributed by atoms with Crippen molar-refractivity contribution in [1.29, 1.82) is 0 Å². The summed E-state index contributed by atoms with van der Waals surface area (Å²) in [6, 6.07) is 6.93. The zero-order valence-electron chi connectivity index (χ0n) is 14.7. The van der Waals surface area contributed by atoms with Crippen molar-refractivity contribution in [3.8, 4) is 0 Å². The van der Waals surface area contributed by atoms with Gasteiger partial charge in [-0.1, -0.05) is 12.1 Å². The van der Waals surface area contributed by atoms with Gasteiger partial charge in [0.05, 0.1) is 0 Å². The predicted octanol–water partition coefficient (Wildman–Crippen LogP) is 2.20. The minimum Gasteiger partial charge on any atom is -0.396 e. The van der Waals surface area contributed by atoms with E-state index < -0.39 is 0 Å². The van der Waals surface area contributed by atoms with Crippen LogP contribution in [0, 0.1) is 11.7 Å². The molecule has 3 rings (SSSR count). The summed E-state index contributed by atoms with van der Waals surface area (Å²) in [7, 11) is 0. The summed E-state index contributed by atoms with van der Waals surface area (Å²) in [5.41, 5.74) is 1.12. The topological polar surface area (TPSA) is 55.8 Å². The fraction of sp³-hybridized carbons (Fsp3) is 0.632. The Balaban J connectivity index is 1.39. The molecule has 2 N–H and O–H groups in total. The van der Waals surface area contributed by atoms with Crippen molar-refractivity contribution in [3.05, 3.63) is 35.6 Å². The molecule has 2 fully saturated rings. The maximum Gasteiger partial charge on any atom is 0.317 e. The van der Waals surface area contributed by atoms with Crippen molar-refractivity contribution < 1.29 is 14.3 Å². The number of amides is 2. The molecule has 138 valence electrons. The molecule has 2 aliphatic heterocycles. The second-order valence-corrected chi connectivity index (χ2v) is 7.24. The third-order valence-corrected chi connectivity index (χ3v) is 5.39. The first-order valence-electron chi connectivity index (χ1n) is 9.27. The molecular formula is C19H28FN3O2. The Hall–Kier alpha value is -1.66. The van der Waals surface area contributed by atoms with E-state index in [-0.39, 0.29) is 24.5 Å². The number of hydrogen-bond acceptors (Lipinski definition) is 3. The average Bonchev–Trinajstić information content (AvgIpc) is 2.65. The van der Waals surface area contributed by atoms with Gasteiger partial charge in [-0.05, 0) is 49.3 Å². The third-order valence-electron chi connectivity index (χ3n) is 5.39. The maximum atomic E-state index is 13.0. The molecule has 2 heterocycles. The van der Waals surface area contributed by atoms with Crippen LogP contribution in [0.15, 0.2) is 24.3 Å². The summed E-state index contributed by atoms with van der Waals surface area (Å²) < 4.78 is 13.0. The number of carbonyl (C=O) groups excluding carboxylic acids is 1. The molecule has 1 aromatic rings. The molecule has 2 aliphatic rings. The van der Waals surface area contributed by atoms with E-state index in [0.717, 1.165) is 64.0 Å². The van der Waals surface area contributed by atoms with E-state index in [0.29, 0.717) is 5.92 Å². The van der Waals surface area contributed by atoms with Crippen LogP contribution in [-0.2, 0) is 6.54 Å². The minimum atomic E-state index is -0.201. The Bertz CT molecular complexity index is 550. The Kier molecular flexibility index (Phi) is 6.26. The van der Waals surface area contributed by atoms with E-state index in [2.05, 4.69) is 10.2 Å². The normalized spacial score (nSPS) is 20.6. The molecule has 0 aromatic heterocycles. The molecule has 0 aliphatic carbocycles. The molecule has 25 heavy (non-hydrogen) atoms.